The molecule has 2 aromatic rings. The summed E-state index contributed by atoms with van der Waals surface area (Å²) in [7, 11) is 0. The van der Waals surface area contributed by atoms with Gasteiger partial charge in [-0.3, -0.25) is 24.5 Å². The van der Waals surface area contributed by atoms with Crippen LogP contribution in [0.25, 0.3) is 0 Å². The summed E-state index contributed by atoms with van der Waals surface area (Å²) in [5, 5.41) is 13.1. The molecule has 1 amide bonds. The van der Waals surface area contributed by atoms with Gasteiger partial charge in [0.05, 0.1) is 4.92 Å². The molecule has 8 heteroatoms. The van der Waals surface area contributed by atoms with Crippen LogP contribution in [0.1, 0.15) is 38.8 Å². The molecule has 146 valence electrons. The van der Waals surface area contributed by atoms with E-state index in [1.807, 2.05) is 19.1 Å². The van der Waals surface area contributed by atoms with Crippen LogP contribution in [0, 0.1) is 24.0 Å². The van der Waals surface area contributed by atoms with Crippen molar-refractivity contribution >= 4 is 23.3 Å². The van der Waals surface area contributed by atoms with E-state index in [1.165, 1.54) is 25.1 Å². The van der Waals surface area contributed by atoms with E-state index in [-0.39, 0.29) is 17.0 Å². The Balaban J connectivity index is 1.93. The highest BCUT2D eigenvalue weighted by molar-refractivity contribution is 6.02. The van der Waals surface area contributed by atoms with E-state index in [0.717, 1.165) is 17.2 Å². The number of hydrogen-bond acceptors (Lipinski definition) is 6. The molecule has 2 aromatic carbocycles. The first-order chi connectivity index (χ1) is 13.2. The summed E-state index contributed by atoms with van der Waals surface area (Å²) in [6, 6.07) is 10.5. The number of nitrogens with zero attached hydrogens (tertiary/aromatic N) is 1. The molecule has 0 radical (unpaired) electrons. The van der Waals surface area contributed by atoms with Crippen LogP contribution in [0.5, 0.6) is 0 Å². The summed E-state index contributed by atoms with van der Waals surface area (Å²) < 4.78 is 5.10. The lowest BCUT2D eigenvalue weighted by Gasteiger charge is -2.14. The maximum absolute atomic E-state index is 12.5. The zero-order valence-electron chi connectivity index (χ0n) is 15.7. The number of amides is 1. The zero-order chi connectivity index (χ0) is 20.8. The van der Waals surface area contributed by atoms with Gasteiger partial charge in [-0.2, -0.15) is 0 Å². The van der Waals surface area contributed by atoms with Gasteiger partial charge in [-0.25, -0.2) is 0 Å². The number of ether oxygens (including phenoxy) is 1. The first-order valence-electron chi connectivity index (χ1n) is 8.52. The van der Waals surface area contributed by atoms with E-state index in [2.05, 4.69) is 5.32 Å². The van der Waals surface area contributed by atoms with Crippen molar-refractivity contribution in [3.63, 3.8) is 0 Å². The van der Waals surface area contributed by atoms with E-state index in [1.54, 1.807) is 13.0 Å². The van der Waals surface area contributed by atoms with Crippen LogP contribution in [0.3, 0.4) is 0 Å². The average molecular weight is 384 g/mol. The average Bonchev–Trinajstić information content (AvgIpc) is 2.67. The first kappa shape index (κ1) is 20.8. The van der Waals surface area contributed by atoms with Gasteiger partial charge in [-0.1, -0.05) is 23.8 Å². The Morgan fingerprint density at radius 2 is 1.86 bits per heavy atom. The number of esters is 1. The summed E-state index contributed by atoms with van der Waals surface area (Å²) in [5.41, 5.74) is 1.97. The van der Waals surface area contributed by atoms with Crippen molar-refractivity contribution in [2.75, 3.05) is 6.54 Å². The predicted octanol–water partition coefficient (Wildman–Crippen LogP) is 2.76. The molecule has 1 N–H and O–H groups in total. The minimum Gasteiger partial charge on any atom is -0.453 e. The standard InChI is InChI=1S/C20H20N2O6/c1-12-7-8-13(2)17(9-12)19(24)14(3)28-18(23)11-21-20(25)15-5-4-6-16(10-15)22(26)27/h4-10,14H,11H2,1-3H3,(H,21,25)/t14-/m1/s1. The number of nitrogens with one attached hydrogen (secondary N) is 1. The fourth-order valence-corrected chi connectivity index (χ4v) is 2.53. The Morgan fingerprint density at radius 1 is 1.14 bits per heavy atom. The second-order valence-corrected chi connectivity index (χ2v) is 6.30. The normalized spacial score (nSPS) is 11.4. The number of nitro benzene ring substituents is 1. The highest BCUT2D eigenvalue weighted by Gasteiger charge is 2.21. The number of non-ortho nitro benzene ring substituents is 1. The molecule has 0 fully saturated rings. The molecule has 0 saturated heterocycles. The molecule has 8 nitrogen and oxygen atoms in total. The van der Waals surface area contributed by atoms with Gasteiger partial charge in [0, 0.05) is 23.3 Å². The first-order valence-corrected chi connectivity index (χ1v) is 8.52. The van der Waals surface area contributed by atoms with Gasteiger partial charge in [0.15, 0.2) is 6.10 Å². The topological polar surface area (TPSA) is 116 Å². The third-order valence-electron chi connectivity index (χ3n) is 4.05. The number of ketones is 1. The summed E-state index contributed by atoms with van der Waals surface area (Å²) >= 11 is 0. The third-order valence-corrected chi connectivity index (χ3v) is 4.05. The van der Waals surface area contributed by atoms with Crippen molar-refractivity contribution in [2.24, 2.45) is 0 Å². The van der Waals surface area contributed by atoms with Crippen LogP contribution in [-0.4, -0.2) is 35.2 Å². The Bertz CT molecular complexity index is 938. The highest BCUT2D eigenvalue weighted by Crippen LogP contribution is 2.15. The SMILES string of the molecule is Cc1ccc(C)c(C(=O)[C@@H](C)OC(=O)CNC(=O)c2cccc([N+](=O)[O-])c2)c1. The number of rotatable bonds is 7. The molecule has 0 aromatic heterocycles. The van der Waals surface area contributed by atoms with Crippen molar-refractivity contribution in [2.45, 2.75) is 26.9 Å². The maximum Gasteiger partial charge on any atom is 0.326 e. The number of carbonyl (C=O) groups excluding carboxylic acids is 3. The van der Waals surface area contributed by atoms with Gasteiger partial charge in [-0.15, -0.1) is 0 Å². The molecule has 0 aliphatic heterocycles. The van der Waals surface area contributed by atoms with Crippen LogP contribution < -0.4 is 5.32 Å². The quantitative estimate of drug-likeness (QED) is 0.340. The molecule has 0 aliphatic carbocycles. The number of nitro groups is 1. The number of benzene rings is 2. The van der Waals surface area contributed by atoms with Crippen molar-refractivity contribution in [1.29, 1.82) is 0 Å². The van der Waals surface area contributed by atoms with Gasteiger partial charge in [-0.05, 0) is 38.5 Å². The summed E-state index contributed by atoms with van der Waals surface area (Å²) in [6.07, 6.45) is -1.01. The van der Waals surface area contributed by atoms with Gasteiger partial charge in [0.25, 0.3) is 11.6 Å². The summed E-state index contributed by atoms with van der Waals surface area (Å²) in [5.74, 6) is -1.78. The summed E-state index contributed by atoms with van der Waals surface area (Å²) in [6.45, 7) is 4.65. The molecule has 1 atom stereocenters. The van der Waals surface area contributed by atoms with E-state index in [9.17, 15) is 24.5 Å². The van der Waals surface area contributed by atoms with Crippen molar-refractivity contribution in [3.05, 3.63) is 74.8 Å². The van der Waals surface area contributed by atoms with E-state index >= 15 is 0 Å². The number of aryl methyl sites for hydroxylation is 2. The van der Waals surface area contributed by atoms with Gasteiger partial charge < -0.3 is 10.1 Å². The molecule has 0 aliphatic rings. The van der Waals surface area contributed by atoms with Crippen LogP contribution in [0.2, 0.25) is 0 Å². The van der Waals surface area contributed by atoms with Crippen LogP contribution >= 0.6 is 0 Å². The lowest BCUT2D eigenvalue weighted by Crippen LogP contribution is -2.34. The molecule has 2 rings (SSSR count). The van der Waals surface area contributed by atoms with Crippen LogP contribution in [0.15, 0.2) is 42.5 Å². The molecule has 0 saturated carbocycles. The predicted molar refractivity (Wildman–Crippen MR) is 101 cm³/mol. The van der Waals surface area contributed by atoms with Gasteiger partial charge in [0.1, 0.15) is 6.54 Å². The van der Waals surface area contributed by atoms with Gasteiger partial charge in [0.2, 0.25) is 5.78 Å². The smallest absolute Gasteiger partial charge is 0.326 e. The van der Waals surface area contributed by atoms with Crippen LogP contribution in [0.4, 0.5) is 5.69 Å². The van der Waals surface area contributed by atoms with E-state index in [0.29, 0.717) is 5.56 Å². The molecular formula is C20H20N2O6. The molecule has 0 bridgehead atoms. The molecule has 0 spiro atoms. The van der Waals surface area contributed by atoms with Crippen molar-refractivity contribution in [3.8, 4) is 0 Å². The van der Waals surface area contributed by atoms with Gasteiger partial charge >= 0.3 is 5.97 Å². The minimum absolute atomic E-state index is 0.0431. The Hall–Kier alpha value is -3.55. The number of carbonyl (C=O) groups is 3. The molecule has 28 heavy (non-hydrogen) atoms. The van der Waals surface area contributed by atoms with Crippen LogP contribution in [-0.2, 0) is 9.53 Å². The third kappa shape index (κ3) is 5.23. The largest absolute Gasteiger partial charge is 0.453 e. The van der Waals surface area contributed by atoms with Crippen molar-refractivity contribution < 1.29 is 24.0 Å². The van der Waals surface area contributed by atoms with Crippen molar-refractivity contribution in [1.82, 2.24) is 5.32 Å². The highest BCUT2D eigenvalue weighted by atomic mass is 16.6. The molecular weight excluding hydrogens is 364 g/mol. The van der Waals surface area contributed by atoms with E-state index in [4.69, 9.17) is 4.74 Å². The lowest BCUT2D eigenvalue weighted by atomic mass is 9.99. The number of hydrogen-bond donors (Lipinski definition) is 1. The lowest BCUT2D eigenvalue weighted by molar-refractivity contribution is -0.384. The second kappa shape index (κ2) is 8.90. The second-order valence-electron chi connectivity index (χ2n) is 6.30. The fraction of sp³-hybridized carbons (Fsp3) is 0.250. The Morgan fingerprint density at radius 3 is 2.54 bits per heavy atom. The Kier molecular flexibility index (Phi) is 6.59. The summed E-state index contributed by atoms with van der Waals surface area (Å²) in [4.78, 5) is 46.6. The molecule has 0 heterocycles. The Labute approximate surface area is 161 Å². The maximum atomic E-state index is 12.5. The zero-order valence-corrected chi connectivity index (χ0v) is 15.7. The minimum atomic E-state index is -1.01. The molecule has 0 unspecified atom stereocenters. The monoisotopic (exact) mass is 384 g/mol. The van der Waals surface area contributed by atoms with E-state index < -0.39 is 29.4 Å². The number of Topliss-reactive ketones (excluding diaryl/α,β-unsaturated/α-hetero) is 1. The fourth-order valence-electron chi connectivity index (χ4n) is 2.53.